The quantitative estimate of drug-likeness (QED) is 0.718. The van der Waals surface area contributed by atoms with E-state index in [4.69, 9.17) is 0 Å². The van der Waals surface area contributed by atoms with Crippen LogP contribution < -0.4 is 0 Å². The van der Waals surface area contributed by atoms with E-state index in [1.807, 2.05) is 0 Å². The lowest BCUT2D eigenvalue weighted by molar-refractivity contribution is -0.140. The van der Waals surface area contributed by atoms with Crippen molar-refractivity contribution in [3.63, 3.8) is 0 Å². The summed E-state index contributed by atoms with van der Waals surface area (Å²) in [6, 6.07) is 1.48. The number of halogens is 2. The zero-order valence-corrected chi connectivity index (χ0v) is 13.7. The summed E-state index contributed by atoms with van der Waals surface area (Å²) in [5, 5.41) is 0. The Bertz CT molecular complexity index is 506. The molecule has 1 aromatic heterocycles. The second-order valence-electron chi connectivity index (χ2n) is 3.02. The third-order valence-corrected chi connectivity index (χ3v) is 7.38. The lowest BCUT2D eigenvalue weighted by Gasteiger charge is -2.13. The number of hydrogen-bond acceptors (Lipinski definition) is 5. The number of rotatable bonds is 4. The Morgan fingerprint density at radius 2 is 2.12 bits per heavy atom. The van der Waals surface area contributed by atoms with Crippen LogP contribution in [-0.4, -0.2) is 39.4 Å². The highest BCUT2D eigenvalue weighted by Crippen LogP contribution is 2.35. The number of thiophene rings is 1. The number of likely N-dealkylation sites (N-methyl/N-ethyl adjacent to an activating group) is 1. The summed E-state index contributed by atoms with van der Waals surface area (Å²) in [5.41, 5.74) is 0. The summed E-state index contributed by atoms with van der Waals surface area (Å²) in [5.74, 6) is -0.606. The van der Waals surface area contributed by atoms with Gasteiger partial charge >= 0.3 is 5.97 Å². The molecule has 0 aliphatic rings. The number of methoxy groups -OCH3 is 1. The highest BCUT2D eigenvalue weighted by atomic mass is 79.9. The molecule has 0 spiro atoms. The third-order valence-electron chi connectivity index (χ3n) is 1.87. The summed E-state index contributed by atoms with van der Waals surface area (Å²) < 4.78 is 30.9. The fraction of sp³-hybridized carbons (Fsp3) is 0.375. The molecule has 0 aromatic carbocycles. The largest absolute Gasteiger partial charge is 0.468 e. The highest BCUT2D eigenvalue weighted by Gasteiger charge is 2.26. The molecule has 0 fully saturated rings. The molecular weight excluding hydrogens is 398 g/mol. The number of nitrogens with zero attached hydrogens (tertiary/aromatic N) is 1. The van der Waals surface area contributed by atoms with E-state index in [2.05, 4.69) is 36.6 Å². The van der Waals surface area contributed by atoms with Gasteiger partial charge in [0.15, 0.2) is 0 Å². The molecule has 1 aromatic rings. The molecule has 0 aliphatic carbocycles. The Kier molecular flexibility index (Phi) is 5.14. The minimum atomic E-state index is -3.65. The summed E-state index contributed by atoms with van der Waals surface area (Å²) in [6.45, 7) is -0.314. The Balaban J connectivity index is 2.99. The molecule has 0 saturated heterocycles. The highest BCUT2D eigenvalue weighted by molar-refractivity contribution is 9.13. The van der Waals surface area contributed by atoms with Gasteiger partial charge < -0.3 is 4.74 Å². The molecule has 1 heterocycles. The van der Waals surface area contributed by atoms with E-state index in [-0.39, 0.29) is 10.8 Å². The Hall–Kier alpha value is 0.0400. The number of hydrogen-bond donors (Lipinski definition) is 0. The first-order valence-corrected chi connectivity index (χ1v) is 8.11. The maximum Gasteiger partial charge on any atom is 0.321 e. The first kappa shape index (κ1) is 15.1. The average molecular weight is 407 g/mol. The number of ether oxygens (including phenoxy) is 1. The lowest BCUT2D eigenvalue weighted by Crippen LogP contribution is -2.32. The third kappa shape index (κ3) is 3.50. The van der Waals surface area contributed by atoms with Gasteiger partial charge in [-0.3, -0.25) is 4.79 Å². The van der Waals surface area contributed by atoms with Gasteiger partial charge in [-0.2, -0.15) is 4.31 Å². The topological polar surface area (TPSA) is 63.7 Å². The fourth-order valence-electron chi connectivity index (χ4n) is 0.939. The summed E-state index contributed by atoms with van der Waals surface area (Å²) in [7, 11) is -1.12. The van der Waals surface area contributed by atoms with E-state index >= 15 is 0 Å². The number of carbonyl (C=O) groups is 1. The number of carbonyl (C=O) groups excluding carboxylic acids is 1. The number of esters is 1. The molecule has 0 N–H and O–H groups in total. The van der Waals surface area contributed by atoms with E-state index in [0.29, 0.717) is 8.26 Å². The van der Waals surface area contributed by atoms with Crippen LogP contribution in [0.15, 0.2) is 18.5 Å². The molecule has 1 rings (SSSR count). The molecule has 0 atom stereocenters. The van der Waals surface area contributed by atoms with Crippen molar-refractivity contribution in [3.05, 3.63) is 14.3 Å². The van der Waals surface area contributed by atoms with Crippen molar-refractivity contribution in [2.45, 2.75) is 4.21 Å². The molecule has 17 heavy (non-hydrogen) atoms. The van der Waals surface area contributed by atoms with Crippen molar-refractivity contribution in [3.8, 4) is 0 Å². The van der Waals surface area contributed by atoms with Gasteiger partial charge in [-0.1, -0.05) is 0 Å². The predicted octanol–water partition coefficient (Wildman–Crippen LogP) is 2.07. The molecule has 96 valence electrons. The van der Waals surface area contributed by atoms with Crippen molar-refractivity contribution in [1.82, 2.24) is 4.31 Å². The molecule has 0 unspecified atom stereocenters. The average Bonchev–Trinajstić information content (AvgIpc) is 2.59. The van der Waals surface area contributed by atoms with E-state index in [1.165, 1.54) is 20.2 Å². The van der Waals surface area contributed by atoms with Crippen LogP contribution in [0.1, 0.15) is 0 Å². The zero-order chi connectivity index (χ0) is 13.2. The van der Waals surface area contributed by atoms with Gasteiger partial charge in [-0.15, -0.1) is 11.3 Å². The Morgan fingerprint density at radius 1 is 1.53 bits per heavy atom. The predicted molar refractivity (Wildman–Crippen MR) is 71.6 cm³/mol. The Labute approximate surface area is 120 Å². The van der Waals surface area contributed by atoms with Gasteiger partial charge in [0, 0.05) is 11.5 Å². The van der Waals surface area contributed by atoms with Crippen LogP contribution in [-0.2, 0) is 19.6 Å². The van der Waals surface area contributed by atoms with E-state index in [9.17, 15) is 13.2 Å². The molecule has 0 radical (unpaired) electrons. The van der Waals surface area contributed by atoms with Gasteiger partial charge in [0.2, 0.25) is 0 Å². The molecule has 0 saturated carbocycles. The second kappa shape index (κ2) is 5.79. The SMILES string of the molecule is COC(=O)CN(C)S(=O)(=O)c1cc(Br)c(Br)s1. The zero-order valence-electron chi connectivity index (χ0n) is 8.94. The summed E-state index contributed by atoms with van der Waals surface area (Å²) in [6.07, 6.45) is 0. The van der Waals surface area contributed by atoms with Gasteiger partial charge in [-0.05, 0) is 37.9 Å². The van der Waals surface area contributed by atoms with Gasteiger partial charge in [0.05, 0.1) is 10.9 Å². The van der Waals surface area contributed by atoms with Crippen LogP contribution in [0.4, 0.5) is 0 Å². The monoisotopic (exact) mass is 405 g/mol. The fourth-order valence-corrected chi connectivity index (χ4v) is 5.08. The first-order chi connectivity index (χ1) is 7.78. The minimum absolute atomic E-state index is 0.155. The van der Waals surface area contributed by atoms with Crippen LogP contribution in [0, 0.1) is 0 Å². The second-order valence-corrected chi connectivity index (χ2v) is 8.52. The van der Waals surface area contributed by atoms with Crippen LogP contribution in [0.2, 0.25) is 0 Å². The lowest BCUT2D eigenvalue weighted by atomic mass is 10.7. The standard InChI is InChI=1S/C8H9Br2NO4S2/c1-11(4-6(12)15-2)17(13,14)7-3-5(9)8(10)16-7/h3H,4H2,1-2H3. The first-order valence-electron chi connectivity index (χ1n) is 4.27. The van der Waals surface area contributed by atoms with E-state index < -0.39 is 16.0 Å². The van der Waals surface area contributed by atoms with Crippen molar-refractivity contribution in [2.75, 3.05) is 20.7 Å². The Morgan fingerprint density at radius 3 is 2.53 bits per heavy atom. The maximum atomic E-state index is 12.0. The summed E-state index contributed by atoms with van der Waals surface area (Å²) in [4.78, 5) is 11.0. The van der Waals surface area contributed by atoms with Gasteiger partial charge in [0.1, 0.15) is 10.8 Å². The van der Waals surface area contributed by atoms with Crippen LogP contribution in [0.5, 0.6) is 0 Å². The van der Waals surface area contributed by atoms with Gasteiger partial charge in [-0.25, -0.2) is 8.42 Å². The summed E-state index contributed by atoms with van der Waals surface area (Å²) >= 11 is 7.50. The van der Waals surface area contributed by atoms with E-state index in [1.54, 1.807) is 0 Å². The van der Waals surface area contributed by atoms with Crippen molar-refractivity contribution in [2.24, 2.45) is 0 Å². The van der Waals surface area contributed by atoms with Crippen LogP contribution >= 0.6 is 43.2 Å². The van der Waals surface area contributed by atoms with Crippen LogP contribution in [0.25, 0.3) is 0 Å². The maximum absolute atomic E-state index is 12.0. The smallest absolute Gasteiger partial charge is 0.321 e. The minimum Gasteiger partial charge on any atom is -0.468 e. The van der Waals surface area contributed by atoms with Crippen LogP contribution in [0.3, 0.4) is 0 Å². The molecule has 0 amide bonds. The van der Waals surface area contributed by atoms with Crippen molar-refractivity contribution < 1.29 is 17.9 Å². The van der Waals surface area contributed by atoms with Gasteiger partial charge in [0.25, 0.3) is 10.0 Å². The van der Waals surface area contributed by atoms with Crippen molar-refractivity contribution in [1.29, 1.82) is 0 Å². The number of sulfonamides is 1. The molecule has 9 heteroatoms. The van der Waals surface area contributed by atoms with E-state index in [0.717, 1.165) is 15.6 Å². The molecule has 0 aliphatic heterocycles. The van der Waals surface area contributed by atoms with Crippen molar-refractivity contribution >= 4 is 59.2 Å². The molecule has 5 nitrogen and oxygen atoms in total. The molecule has 0 bridgehead atoms. The molecular formula is C8H9Br2NO4S2. The normalized spacial score (nSPS) is 11.8.